The minimum atomic E-state index is 0.454. The van der Waals surface area contributed by atoms with Crippen LogP contribution in [0, 0.1) is 0 Å². The summed E-state index contributed by atoms with van der Waals surface area (Å²) in [6.45, 7) is 0. The number of pyridine rings is 1. The van der Waals surface area contributed by atoms with Crippen LogP contribution >= 0.6 is 0 Å². The average molecular weight is 247 g/mol. The second-order valence-corrected chi connectivity index (χ2v) is 3.56. The lowest BCUT2D eigenvalue weighted by Gasteiger charge is -2.14. The van der Waals surface area contributed by atoms with Gasteiger partial charge in [0.05, 0.1) is 21.3 Å². The Morgan fingerprint density at radius 2 is 1.83 bits per heavy atom. The average Bonchev–Trinajstić information content (AvgIpc) is 2.44. The number of fused-ring (bicyclic) bond motifs is 1. The van der Waals surface area contributed by atoms with Crippen molar-refractivity contribution in [2.24, 2.45) is 0 Å². The van der Waals surface area contributed by atoms with E-state index >= 15 is 0 Å². The van der Waals surface area contributed by atoms with Gasteiger partial charge in [-0.3, -0.25) is 9.78 Å². The number of nitrogens with zero attached hydrogens (tertiary/aromatic N) is 1. The van der Waals surface area contributed by atoms with Gasteiger partial charge in [0.15, 0.2) is 17.8 Å². The minimum absolute atomic E-state index is 0.454. The third-order valence-corrected chi connectivity index (χ3v) is 2.70. The maximum absolute atomic E-state index is 11.0. The number of methoxy groups -OCH3 is 3. The van der Waals surface area contributed by atoms with Crippen molar-refractivity contribution in [3.05, 3.63) is 23.9 Å². The van der Waals surface area contributed by atoms with Crippen LogP contribution in [0.25, 0.3) is 10.9 Å². The van der Waals surface area contributed by atoms with Crippen molar-refractivity contribution in [3.8, 4) is 17.2 Å². The summed E-state index contributed by atoms with van der Waals surface area (Å²) in [7, 11) is 4.57. The van der Waals surface area contributed by atoms with Gasteiger partial charge in [-0.2, -0.15) is 0 Å². The number of aromatic nitrogens is 1. The molecule has 1 aromatic carbocycles. The van der Waals surface area contributed by atoms with E-state index in [1.165, 1.54) is 21.3 Å². The molecule has 5 nitrogen and oxygen atoms in total. The molecule has 0 radical (unpaired) electrons. The Morgan fingerprint density at radius 1 is 1.11 bits per heavy atom. The SMILES string of the molecule is COc1cc2c(C=O)ccnc2c(OC)c1OC. The van der Waals surface area contributed by atoms with Gasteiger partial charge in [-0.05, 0) is 12.1 Å². The Kier molecular flexibility index (Phi) is 3.32. The van der Waals surface area contributed by atoms with E-state index < -0.39 is 0 Å². The van der Waals surface area contributed by atoms with E-state index in [4.69, 9.17) is 14.2 Å². The summed E-state index contributed by atoms with van der Waals surface area (Å²) in [5, 5.41) is 0.669. The number of rotatable bonds is 4. The van der Waals surface area contributed by atoms with E-state index in [2.05, 4.69) is 4.98 Å². The second kappa shape index (κ2) is 4.91. The molecule has 0 saturated heterocycles. The van der Waals surface area contributed by atoms with Crippen LogP contribution in [0.2, 0.25) is 0 Å². The predicted molar refractivity (Wildman–Crippen MR) is 66.8 cm³/mol. The molecule has 0 N–H and O–H groups in total. The Balaban J connectivity index is 2.91. The summed E-state index contributed by atoms with van der Waals surface area (Å²) in [4.78, 5) is 15.3. The Labute approximate surface area is 104 Å². The normalized spacial score (nSPS) is 10.2. The van der Waals surface area contributed by atoms with Crippen LogP contribution in [-0.2, 0) is 0 Å². The van der Waals surface area contributed by atoms with E-state index in [9.17, 15) is 4.79 Å². The smallest absolute Gasteiger partial charge is 0.205 e. The number of aldehydes is 1. The monoisotopic (exact) mass is 247 g/mol. The molecule has 1 aromatic heterocycles. The fraction of sp³-hybridized carbons (Fsp3) is 0.231. The lowest BCUT2D eigenvalue weighted by atomic mass is 10.1. The third kappa shape index (κ3) is 1.73. The first-order chi connectivity index (χ1) is 8.76. The summed E-state index contributed by atoms with van der Waals surface area (Å²) in [6.07, 6.45) is 2.33. The molecule has 5 heteroatoms. The largest absolute Gasteiger partial charge is 0.493 e. The molecule has 0 saturated carbocycles. The van der Waals surface area contributed by atoms with E-state index in [0.717, 1.165) is 6.29 Å². The Bertz CT molecular complexity index is 595. The molecule has 0 unspecified atom stereocenters. The fourth-order valence-corrected chi connectivity index (χ4v) is 1.87. The molecule has 0 amide bonds. The van der Waals surface area contributed by atoms with Crippen LogP contribution in [0.5, 0.6) is 17.2 Å². The molecule has 2 aromatic rings. The van der Waals surface area contributed by atoms with Crippen LogP contribution in [0.3, 0.4) is 0 Å². The van der Waals surface area contributed by atoms with Crippen LogP contribution in [0.1, 0.15) is 10.4 Å². The summed E-state index contributed by atoms with van der Waals surface area (Å²) < 4.78 is 15.8. The highest BCUT2D eigenvalue weighted by Gasteiger charge is 2.18. The van der Waals surface area contributed by atoms with Crippen molar-refractivity contribution in [2.75, 3.05) is 21.3 Å². The molecule has 0 aliphatic rings. The van der Waals surface area contributed by atoms with Gasteiger partial charge in [0.25, 0.3) is 0 Å². The van der Waals surface area contributed by atoms with Gasteiger partial charge < -0.3 is 14.2 Å². The molecule has 0 atom stereocenters. The topological polar surface area (TPSA) is 57.7 Å². The van der Waals surface area contributed by atoms with Gasteiger partial charge in [-0.1, -0.05) is 0 Å². The van der Waals surface area contributed by atoms with Gasteiger partial charge in [-0.25, -0.2) is 0 Å². The van der Waals surface area contributed by atoms with Gasteiger partial charge >= 0.3 is 0 Å². The number of ether oxygens (including phenoxy) is 3. The lowest BCUT2D eigenvalue weighted by Crippen LogP contribution is -1.98. The van der Waals surface area contributed by atoms with Crippen molar-refractivity contribution in [2.45, 2.75) is 0 Å². The van der Waals surface area contributed by atoms with Crippen molar-refractivity contribution < 1.29 is 19.0 Å². The first kappa shape index (κ1) is 12.2. The standard InChI is InChI=1S/C13H13NO4/c1-16-10-6-9-8(7-15)4-5-14-11(9)13(18-3)12(10)17-2/h4-7H,1-3H3. The summed E-state index contributed by atoms with van der Waals surface area (Å²) in [5.41, 5.74) is 1.10. The third-order valence-electron chi connectivity index (χ3n) is 2.70. The van der Waals surface area contributed by atoms with E-state index in [-0.39, 0.29) is 0 Å². The molecular weight excluding hydrogens is 234 g/mol. The number of hydrogen-bond acceptors (Lipinski definition) is 5. The van der Waals surface area contributed by atoms with Gasteiger partial charge in [0, 0.05) is 17.1 Å². The highest BCUT2D eigenvalue weighted by atomic mass is 16.5. The van der Waals surface area contributed by atoms with Crippen LogP contribution in [-0.4, -0.2) is 32.6 Å². The van der Waals surface area contributed by atoms with E-state index in [0.29, 0.717) is 33.7 Å². The molecule has 0 aliphatic carbocycles. The number of hydrogen-bond donors (Lipinski definition) is 0. The highest BCUT2D eigenvalue weighted by molar-refractivity contribution is 6.00. The van der Waals surface area contributed by atoms with Gasteiger partial charge in [0.1, 0.15) is 5.52 Å². The maximum atomic E-state index is 11.0. The first-order valence-corrected chi connectivity index (χ1v) is 5.29. The minimum Gasteiger partial charge on any atom is -0.493 e. The van der Waals surface area contributed by atoms with Crippen LogP contribution < -0.4 is 14.2 Å². The number of benzene rings is 1. The quantitative estimate of drug-likeness (QED) is 0.774. The zero-order valence-corrected chi connectivity index (χ0v) is 10.4. The zero-order valence-electron chi connectivity index (χ0n) is 10.4. The molecular formula is C13H13NO4. The fourth-order valence-electron chi connectivity index (χ4n) is 1.87. The van der Waals surface area contributed by atoms with Crippen molar-refractivity contribution in [1.82, 2.24) is 4.98 Å². The predicted octanol–water partition coefficient (Wildman–Crippen LogP) is 2.07. The van der Waals surface area contributed by atoms with Crippen molar-refractivity contribution in [3.63, 3.8) is 0 Å². The van der Waals surface area contributed by atoms with Crippen LogP contribution in [0.15, 0.2) is 18.3 Å². The van der Waals surface area contributed by atoms with Crippen LogP contribution in [0.4, 0.5) is 0 Å². The Hall–Kier alpha value is -2.30. The van der Waals surface area contributed by atoms with Crippen molar-refractivity contribution >= 4 is 17.2 Å². The number of carbonyl (C=O) groups excluding carboxylic acids is 1. The van der Waals surface area contributed by atoms with Gasteiger partial charge in [0.2, 0.25) is 5.75 Å². The van der Waals surface area contributed by atoms with Crippen molar-refractivity contribution in [1.29, 1.82) is 0 Å². The zero-order chi connectivity index (χ0) is 13.1. The summed E-state index contributed by atoms with van der Waals surface area (Å²) in [6, 6.07) is 3.36. The summed E-state index contributed by atoms with van der Waals surface area (Å²) in [5.74, 6) is 1.41. The maximum Gasteiger partial charge on any atom is 0.205 e. The molecule has 0 spiro atoms. The molecule has 0 fully saturated rings. The molecule has 0 aliphatic heterocycles. The summed E-state index contributed by atoms with van der Waals surface area (Å²) >= 11 is 0. The number of carbonyl (C=O) groups is 1. The second-order valence-electron chi connectivity index (χ2n) is 3.56. The first-order valence-electron chi connectivity index (χ1n) is 5.29. The molecule has 0 bridgehead atoms. The van der Waals surface area contributed by atoms with E-state index in [1.807, 2.05) is 0 Å². The van der Waals surface area contributed by atoms with E-state index in [1.54, 1.807) is 18.3 Å². The molecule has 94 valence electrons. The highest BCUT2D eigenvalue weighted by Crippen LogP contribution is 2.42. The van der Waals surface area contributed by atoms with Gasteiger partial charge in [-0.15, -0.1) is 0 Å². The lowest BCUT2D eigenvalue weighted by molar-refractivity contribution is 0.112. The Morgan fingerprint density at radius 3 is 2.39 bits per heavy atom. The molecule has 18 heavy (non-hydrogen) atoms. The molecule has 1 heterocycles. The molecule has 2 rings (SSSR count).